The van der Waals surface area contributed by atoms with Gasteiger partial charge in [-0.1, -0.05) is 24.3 Å². The van der Waals surface area contributed by atoms with Gasteiger partial charge >= 0.3 is 0 Å². The summed E-state index contributed by atoms with van der Waals surface area (Å²) in [6.07, 6.45) is 8.10. The molecule has 0 unspecified atom stereocenters. The van der Waals surface area contributed by atoms with E-state index in [2.05, 4.69) is 5.32 Å². The first-order valence-electron chi connectivity index (χ1n) is 9.22. The maximum absolute atomic E-state index is 12.9. The van der Waals surface area contributed by atoms with E-state index in [1.807, 2.05) is 48.5 Å². The molecule has 0 aliphatic carbocycles. The van der Waals surface area contributed by atoms with Crippen molar-refractivity contribution in [3.63, 3.8) is 0 Å². The van der Waals surface area contributed by atoms with Crippen molar-refractivity contribution >= 4 is 29.3 Å². The minimum Gasteiger partial charge on any atom is -0.472 e. The molecular formula is C23H20N2O3. The molecule has 2 amide bonds. The zero-order chi connectivity index (χ0) is 19.3. The number of furan rings is 1. The summed E-state index contributed by atoms with van der Waals surface area (Å²) in [6, 6.07) is 16.8. The van der Waals surface area contributed by atoms with Crippen LogP contribution in [0.4, 0.5) is 11.4 Å². The SMILES string of the molecule is O=C(/C=C/c1ccoc1)Nc1ccc2c(c1)N(C(=O)c1ccccc1)CCC2. The summed E-state index contributed by atoms with van der Waals surface area (Å²) < 4.78 is 4.98. The third-order valence-electron chi connectivity index (χ3n) is 4.71. The van der Waals surface area contributed by atoms with Gasteiger partial charge in [-0.25, -0.2) is 0 Å². The van der Waals surface area contributed by atoms with Crippen molar-refractivity contribution in [3.8, 4) is 0 Å². The molecule has 140 valence electrons. The van der Waals surface area contributed by atoms with Crippen LogP contribution in [0.5, 0.6) is 0 Å². The van der Waals surface area contributed by atoms with Crippen LogP contribution in [0.1, 0.15) is 27.9 Å². The highest BCUT2D eigenvalue weighted by molar-refractivity contribution is 6.07. The lowest BCUT2D eigenvalue weighted by Crippen LogP contribution is -2.35. The fraction of sp³-hybridized carbons (Fsp3) is 0.130. The number of hydrogen-bond acceptors (Lipinski definition) is 3. The molecule has 0 saturated heterocycles. The number of anilines is 2. The van der Waals surface area contributed by atoms with Gasteiger partial charge in [0.25, 0.3) is 5.91 Å². The minimum absolute atomic E-state index is 0.0233. The molecular weight excluding hydrogens is 352 g/mol. The van der Waals surface area contributed by atoms with E-state index in [0.717, 1.165) is 29.7 Å². The molecule has 0 radical (unpaired) electrons. The predicted octanol–water partition coefficient (Wildman–Crippen LogP) is 4.52. The van der Waals surface area contributed by atoms with Crippen molar-refractivity contribution in [2.75, 3.05) is 16.8 Å². The first-order valence-corrected chi connectivity index (χ1v) is 9.22. The molecule has 4 rings (SSSR count). The first-order chi connectivity index (χ1) is 13.7. The number of amides is 2. The third-order valence-corrected chi connectivity index (χ3v) is 4.71. The van der Waals surface area contributed by atoms with Gasteiger partial charge in [-0.2, -0.15) is 0 Å². The second kappa shape index (κ2) is 7.96. The summed E-state index contributed by atoms with van der Waals surface area (Å²) in [6.45, 7) is 0.665. The molecule has 1 aliphatic heterocycles. The Bertz CT molecular complexity index is 1010. The number of nitrogens with zero attached hydrogens (tertiary/aromatic N) is 1. The Morgan fingerprint density at radius 1 is 1.07 bits per heavy atom. The molecule has 2 aromatic carbocycles. The van der Waals surface area contributed by atoms with Crippen LogP contribution in [0.2, 0.25) is 0 Å². The number of carbonyl (C=O) groups is 2. The van der Waals surface area contributed by atoms with Crippen LogP contribution in [0.15, 0.2) is 77.6 Å². The summed E-state index contributed by atoms with van der Waals surface area (Å²) in [5.74, 6) is -0.261. The number of carbonyl (C=O) groups excluding carboxylic acids is 2. The molecule has 0 saturated carbocycles. The summed E-state index contributed by atoms with van der Waals surface area (Å²) in [7, 11) is 0. The topological polar surface area (TPSA) is 62.6 Å². The number of fused-ring (bicyclic) bond motifs is 1. The maximum atomic E-state index is 12.9. The van der Waals surface area contributed by atoms with Crippen molar-refractivity contribution in [1.29, 1.82) is 0 Å². The van der Waals surface area contributed by atoms with Crippen LogP contribution >= 0.6 is 0 Å². The average Bonchev–Trinajstić information content (AvgIpc) is 3.26. The predicted molar refractivity (Wildman–Crippen MR) is 109 cm³/mol. The smallest absolute Gasteiger partial charge is 0.258 e. The van der Waals surface area contributed by atoms with Crippen molar-refractivity contribution < 1.29 is 14.0 Å². The molecule has 0 bridgehead atoms. The summed E-state index contributed by atoms with van der Waals surface area (Å²) in [5.41, 5.74) is 4.11. The Balaban J connectivity index is 1.54. The van der Waals surface area contributed by atoms with Gasteiger partial charge in [0.1, 0.15) is 0 Å². The van der Waals surface area contributed by atoms with E-state index in [4.69, 9.17) is 4.42 Å². The standard InChI is InChI=1S/C23H20N2O3/c26-22(11-8-17-12-14-28-16-17)24-20-10-9-18-7-4-13-25(21(18)15-20)23(27)19-5-2-1-3-6-19/h1-3,5-6,8-12,14-16H,4,7,13H2,(H,24,26)/b11-8+. The zero-order valence-corrected chi connectivity index (χ0v) is 15.3. The molecule has 28 heavy (non-hydrogen) atoms. The van der Waals surface area contributed by atoms with Crippen molar-refractivity contribution in [3.05, 3.63) is 89.9 Å². The van der Waals surface area contributed by atoms with Gasteiger partial charge in [0.05, 0.1) is 12.5 Å². The number of nitrogens with one attached hydrogen (secondary N) is 1. The molecule has 1 aliphatic rings. The van der Waals surface area contributed by atoms with Gasteiger partial charge in [0.15, 0.2) is 0 Å². The Morgan fingerprint density at radius 3 is 2.71 bits per heavy atom. The van der Waals surface area contributed by atoms with Crippen LogP contribution in [0, 0.1) is 0 Å². The number of rotatable bonds is 4. The van der Waals surface area contributed by atoms with E-state index in [0.29, 0.717) is 17.8 Å². The molecule has 3 aromatic rings. The molecule has 0 atom stereocenters. The van der Waals surface area contributed by atoms with Crippen molar-refractivity contribution in [2.45, 2.75) is 12.8 Å². The summed E-state index contributed by atoms with van der Waals surface area (Å²) in [5, 5.41) is 2.86. The molecule has 5 nitrogen and oxygen atoms in total. The van der Waals surface area contributed by atoms with E-state index in [-0.39, 0.29) is 11.8 Å². The van der Waals surface area contributed by atoms with Gasteiger partial charge in [0.2, 0.25) is 5.91 Å². The molecule has 1 aromatic heterocycles. The Kier molecular flexibility index (Phi) is 5.06. The number of aryl methyl sites for hydroxylation is 1. The molecule has 1 N–H and O–H groups in total. The van der Waals surface area contributed by atoms with Crippen LogP contribution in [-0.4, -0.2) is 18.4 Å². The maximum Gasteiger partial charge on any atom is 0.258 e. The minimum atomic E-state index is -0.238. The van der Waals surface area contributed by atoms with E-state index in [1.165, 1.54) is 6.08 Å². The second-order valence-corrected chi connectivity index (χ2v) is 6.65. The lowest BCUT2D eigenvalue weighted by atomic mass is 10.00. The van der Waals surface area contributed by atoms with E-state index < -0.39 is 0 Å². The van der Waals surface area contributed by atoms with Crippen molar-refractivity contribution in [2.24, 2.45) is 0 Å². The van der Waals surface area contributed by atoms with Gasteiger partial charge < -0.3 is 14.6 Å². The molecule has 5 heteroatoms. The van der Waals surface area contributed by atoms with E-state index in [9.17, 15) is 9.59 Å². The average molecular weight is 372 g/mol. The lowest BCUT2D eigenvalue weighted by Gasteiger charge is -2.30. The highest BCUT2D eigenvalue weighted by Gasteiger charge is 2.24. The molecule has 0 spiro atoms. The van der Waals surface area contributed by atoms with Gasteiger partial charge in [-0.15, -0.1) is 0 Å². The largest absolute Gasteiger partial charge is 0.472 e. The van der Waals surface area contributed by atoms with Gasteiger partial charge in [-0.3, -0.25) is 9.59 Å². The Morgan fingerprint density at radius 2 is 1.93 bits per heavy atom. The lowest BCUT2D eigenvalue weighted by molar-refractivity contribution is -0.111. The zero-order valence-electron chi connectivity index (χ0n) is 15.3. The van der Waals surface area contributed by atoms with Gasteiger partial charge in [0, 0.05) is 35.1 Å². The van der Waals surface area contributed by atoms with Crippen molar-refractivity contribution in [1.82, 2.24) is 0 Å². The normalized spacial score (nSPS) is 13.4. The van der Waals surface area contributed by atoms with Crippen LogP contribution in [0.25, 0.3) is 6.08 Å². The molecule has 2 heterocycles. The van der Waals surface area contributed by atoms with Crippen LogP contribution < -0.4 is 10.2 Å². The van der Waals surface area contributed by atoms with Crippen LogP contribution in [0.3, 0.4) is 0 Å². The molecule has 0 fully saturated rings. The quantitative estimate of drug-likeness (QED) is 0.685. The Hall–Kier alpha value is -3.60. The second-order valence-electron chi connectivity index (χ2n) is 6.65. The van der Waals surface area contributed by atoms with E-state index in [1.54, 1.807) is 29.6 Å². The number of benzene rings is 2. The fourth-order valence-electron chi connectivity index (χ4n) is 3.33. The monoisotopic (exact) mass is 372 g/mol. The first kappa shape index (κ1) is 17.8. The number of hydrogen-bond donors (Lipinski definition) is 1. The van der Waals surface area contributed by atoms with E-state index >= 15 is 0 Å². The third kappa shape index (κ3) is 3.88. The highest BCUT2D eigenvalue weighted by atomic mass is 16.3. The van der Waals surface area contributed by atoms with Crippen LogP contribution in [-0.2, 0) is 11.2 Å². The summed E-state index contributed by atoms with van der Waals surface area (Å²) in [4.78, 5) is 26.9. The summed E-state index contributed by atoms with van der Waals surface area (Å²) >= 11 is 0. The fourth-order valence-corrected chi connectivity index (χ4v) is 3.33. The van der Waals surface area contributed by atoms with Gasteiger partial charge in [-0.05, 0) is 54.8 Å². The highest BCUT2D eigenvalue weighted by Crippen LogP contribution is 2.31. The Labute approximate surface area is 163 Å².